The topological polar surface area (TPSA) is 32.3 Å². The van der Waals surface area contributed by atoms with E-state index in [-0.39, 0.29) is 5.91 Å². The Kier molecular flexibility index (Phi) is 8.40. The normalized spacial score (nSPS) is 10.9. The molecule has 118 valence electrons. The van der Waals surface area contributed by atoms with Crippen LogP contribution < -0.4 is 5.32 Å². The Morgan fingerprint density at radius 2 is 1.76 bits per heavy atom. The van der Waals surface area contributed by atoms with Crippen LogP contribution in [0.15, 0.2) is 18.2 Å². The van der Waals surface area contributed by atoms with E-state index < -0.39 is 0 Å². The number of amides is 1. The molecule has 4 heteroatoms. The molecule has 0 fully saturated rings. The number of nitrogens with one attached hydrogen (secondary N) is 1. The summed E-state index contributed by atoms with van der Waals surface area (Å²) in [5.41, 5.74) is 3.15. The number of aryl methyl sites for hydroxylation is 2. The van der Waals surface area contributed by atoms with E-state index in [0.717, 1.165) is 42.1 Å². The number of halogens is 1. The number of hydrogen-bond acceptors (Lipinski definition) is 2. The Hall–Kier alpha value is -1.06. The smallest absolute Gasteiger partial charge is 0.238 e. The number of carbonyl (C=O) groups excluding carboxylic acids is 1. The molecule has 3 nitrogen and oxygen atoms in total. The zero-order valence-electron chi connectivity index (χ0n) is 13.4. The van der Waals surface area contributed by atoms with Crippen molar-refractivity contribution in [3.63, 3.8) is 0 Å². The van der Waals surface area contributed by atoms with Crippen LogP contribution >= 0.6 is 11.6 Å². The molecular weight excluding hydrogens is 284 g/mol. The number of alkyl halides is 1. The fourth-order valence-electron chi connectivity index (χ4n) is 2.34. The maximum Gasteiger partial charge on any atom is 0.238 e. The third kappa shape index (κ3) is 6.96. The van der Waals surface area contributed by atoms with Gasteiger partial charge in [-0.1, -0.05) is 31.0 Å². The quantitative estimate of drug-likeness (QED) is 0.553. The Labute approximate surface area is 133 Å². The third-order valence-corrected chi connectivity index (χ3v) is 3.85. The molecule has 0 aliphatic rings. The van der Waals surface area contributed by atoms with E-state index in [2.05, 4.69) is 10.2 Å². The molecule has 0 bridgehead atoms. The third-order valence-electron chi connectivity index (χ3n) is 3.58. The minimum atomic E-state index is 0.0515. The van der Waals surface area contributed by atoms with Crippen molar-refractivity contribution in [1.82, 2.24) is 4.90 Å². The van der Waals surface area contributed by atoms with Gasteiger partial charge in [-0.05, 0) is 51.4 Å². The molecule has 1 aromatic rings. The van der Waals surface area contributed by atoms with E-state index in [9.17, 15) is 4.79 Å². The summed E-state index contributed by atoms with van der Waals surface area (Å²) < 4.78 is 0. The van der Waals surface area contributed by atoms with Gasteiger partial charge in [-0.3, -0.25) is 9.69 Å². The van der Waals surface area contributed by atoms with Crippen molar-refractivity contribution in [2.24, 2.45) is 0 Å². The van der Waals surface area contributed by atoms with Gasteiger partial charge in [-0.25, -0.2) is 0 Å². The number of nitrogens with zero attached hydrogens (tertiary/aromatic N) is 1. The highest BCUT2D eigenvalue weighted by molar-refractivity contribution is 6.17. The van der Waals surface area contributed by atoms with Crippen molar-refractivity contribution in [2.45, 2.75) is 39.5 Å². The van der Waals surface area contributed by atoms with Gasteiger partial charge in [0, 0.05) is 11.6 Å². The number of likely N-dealkylation sites (N-methyl/N-ethyl adjacent to an activating group) is 1. The van der Waals surface area contributed by atoms with Gasteiger partial charge in [0.15, 0.2) is 0 Å². The number of carbonyl (C=O) groups is 1. The number of hydrogen-bond donors (Lipinski definition) is 1. The van der Waals surface area contributed by atoms with Crippen LogP contribution in [-0.4, -0.2) is 36.8 Å². The van der Waals surface area contributed by atoms with Crippen molar-refractivity contribution in [3.8, 4) is 0 Å². The van der Waals surface area contributed by atoms with E-state index in [0.29, 0.717) is 6.54 Å². The SMILES string of the molecule is Cc1cccc(C)c1NC(=O)CN(C)CCCCCCCl. The van der Waals surface area contributed by atoms with Crippen LogP contribution in [0.2, 0.25) is 0 Å². The first-order chi connectivity index (χ1) is 10.0. The fraction of sp³-hybridized carbons (Fsp3) is 0.588. The monoisotopic (exact) mass is 310 g/mol. The van der Waals surface area contributed by atoms with Crippen LogP contribution in [0.25, 0.3) is 0 Å². The minimum absolute atomic E-state index is 0.0515. The van der Waals surface area contributed by atoms with Crippen LogP contribution in [0.1, 0.15) is 36.8 Å². The van der Waals surface area contributed by atoms with Gasteiger partial charge in [-0.2, -0.15) is 0 Å². The molecule has 0 radical (unpaired) electrons. The predicted octanol–water partition coefficient (Wildman–Crippen LogP) is 3.97. The summed E-state index contributed by atoms with van der Waals surface area (Å²) in [6.45, 7) is 5.41. The molecular formula is C17H27ClN2O. The predicted molar refractivity (Wildman–Crippen MR) is 91.2 cm³/mol. The maximum absolute atomic E-state index is 12.1. The Bertz CT molecular complexity index is 428. The van der Waals surface area contributed by atoms with Gasteiger partial charge in [0.05, 0.1) is 6.54 Å². The minimum Gasteiger partial charge on any atom is -0.324 e. The van der Waals surface area contributed by atoms with Crippen LogP contribution in [0, 0.1) is 13.8 Å². The van der Waals surface area contributed by atoms with Gasteiger partial charge in [0.2, 0.25) is 5.91 Å². The van der Waals surface area contributed by atoms with Gasteiger partial charge in [0.25, 0.3) is 0 Å². The number of anilines is 1. The van der Waals surface area contributed by atoms with E-state index in [1.54, 1.807) is 0 Å². The van der Waals surface area contributed by atoms with Crippen LogP contribution in [-0.2, 0) is 4.79 Å². The van der Waals surface area contributed by atoms with Crippen LogP contribution in [0.4, 0.5) is 5.69 Å². The highest BCUT2D eigenvalue weighted by Gasteiger charge is 2.09. The van der Waals surface area contributed by atoms with Crippen molar-refractivity contribution in [2.75, 3.05) is 31.3 Å². The molecule has 0 heterocycles. The second kappa shape index (κ2) is 9.80. The average molecular weight is 311 g/mol. The summed E-state index contributed by atoms with van der Waals surface area (Å²) in [4.78, 5) is 14.2. The number of unbranched alkanes of at least 4 members (excludes halogenated alkanes) is 3. The molecule has 0 aliphatic carbocycles. The summed E-state index contributed by atoms with van der Waals surface area (Å²) >= 11 is 5.65. The second-order valence-electron chi connectivity index (χ2n) is 5.66. The first kappa shape index (κ1) is 18.0. The van der Waals surface area contributed by atoms with E-state index >= 15 is 0 Å². The Morgan fingerprint density at radius 3 is 2.38 bits per heavy atom. The zero-order valence-corrected chi connectivity index (χ0v) is 14.2. The van der Waals surface area contributed by atoms with Gasteiger partial charge < -0.3 is 5.32 Å². The molecule has 0 saturated heterocycles. The first-order valence-corrected chi connectivity index (χ1v) is 8.18. The average Bonchev–Trinajstić information content (AvgIpc) is 2.43. The number of benzene rings is 1. The van der Waals surface area contributed by atoms with Crippen LogP contribution in [0.3, 0.4) is 0 Å². The molecule has 0 atom stereocenters. The van der Waals surface area contributed by atoms with Gasteiger partial charge in [0.1, 0.15) is 0 Å². The molecule has 0 unspecified atom stereocenters. The summed E-state index contributed by atoms with van der Waals surface area (Å²) in [6.07, 6.45) is 4.55. The number of rotatable bonds is 9. The Balaban J connectivity index is 2.33. The summed E-state index contributed by atoms with van der Waals surface area (Å²) in [6, 6.07) is 6.04. The van der Waals surface area contributed by atoms with Gasteiger partial charge >= 0.3 is 0 Å². The van der Waals surface area contributed by atoms with E-state index in [1.165, 1.54) is 12.8 Å². The van der Waals surface area contributed by atoms with Crippen molar-refractivity contribution >= 4 is 23.2 Å². The molecule has 0 aromatic heterocycles. The molecule has 21 heavy (non-hydrogen) atoms. The van der Waals surface area contributed by atoms with Gasteiger partial charge in [-0.15, -0.1) is 11.6 Å². The lowest BCUT2D eigenvalue weighted by atomic mass is 10.1. The molecule has 1 N–H and O–H groups in total. The van der Waals surface area contributed by atoms with Crippen molar-refractivity contribution in [3.05, 3.63) is 29.3 Å². The standard InChI is InChI=1S/C17H27ClN2O/c1-14-9-8-10-15(2)17(14)19-16(21)13-20(3)12-7-5-4-6-11-18/h8-10H,4-7,11-13H2,1-3H3,(H,19,21). The Morgan fingerprint density at radius 1 is 1.14 bits per heavy atom. The van der Waals surface area contributed by atoms with E-state index in [4.69, 9.17) is 11.6 Å². The first-order valence-electron chi connectivity index (χ1n) is 7.65. The fourth-order valence-corrected chi connectivity index (χ4v) is 2.53. The lowest BCUT2D eigenvalue weighted by Gasteiger charge is -2.17. The molecule has 0 spiro atoms. The lowest BCUT2D eigenvalue weighted by molar-refractivity contribution is -0.117. The summed E-state index contributed by atoms with van der Waals surface area (Å²) in [5, 5.41) is 3.02. The summed E-state index contributed by atoms with van der Waals surface area (Å²) in [5.74, 6) is 0.796. The molecule has 0 saturated carbocycles. The van der Waals surface area contributed by atoms with Crippen molar-refractivity contribution < 1.29 is 4.79 Å². The van der Waals surface area contributed by atoms with E-state index in [1.807, 2.05) is 39.1 Å². The van der Waals surface area contributed by atoms with Crippen LogP contribution in [0.5, 0.6) is 0 Å². The van der Waals surface area contributed by atoms with Crippen molar-refractivity contribution in [1.29, 1.82) is 0 Å². The molecule has 0 aliphatic heterocycles. The number of para-hydroxylation sites is 1. The summed E-state index contributed by atoms with van der Waals surface area (Å²) in [7, 11) is 1.99. The highest BCUT2D eigenvalue weighted by atomic mass is 35.5. The zero-order chi connectivity index (χ0) is 15.7. The second-order valence-corrected chi connectivity index (χ2v) is 6.03. The lowest BCUT2D eigenvalue weighted by Crippen LogP contribution is -2.31. The maximum atomic E-state index is 12.1. The highest BCUT2D eigenvalue weighted by Crippen LogP contribution is 2.19. The molecule has 1 aromatic carbocycles. The largest absolute Gasteiger partial charge is 0.324 e. The molecule has 1 amide bonds. The molecule has 1 rings (SSSR count).